The molecule has 6 heteroatoms. The molecule has 0 radical (unpaired) electrons. The van der Waals surface area contributed by atoms with E-state index in [1.54, 1.807) is 17.7 Å². The minimum absolute atomic E-state index is 0.335. The van der Waals surface area contributed by atoms with E-state index in [4.69, 9.17) is 0 Å². The Labute approximate surface area is 127 Å². The predicted molar refractivity (Wildman–Crippen MR) is 83.4 cm³/mol. The molecule has 0 spiro atoms. The number of amides is 1. The Bertz CT molecular complexity index is 658. The van der Waals surface area contributed by atoms with Crippen LogP contribution in [0.2, 0.25) is 0 Å². The molecule has 2 aromatic heterocycles. The molecule has 1 N–H and O–H groups in total. The zero-order chi connectivity index (χ0) is 14.2. The first-order chi connectivity index (χ1) is 10.3. The number of carbonyl (C=O) groups excluding carboxylic acids is 1. The molecular weight excluding hydrogens is 284 g/mol. The topological polar surface area (TPSA) is 58.1 Å². The van der Waals surface area contributed by atoms with Gasteiger partial charge in [-0.2, -0.15) is 0 Å². The summed E-state index contributed by atoms with van der Waals surface area (Å²) in [5, 5.41) is 6.67. The first-order valence-corrected chi connectivity index (χ1v) is 8.43. The Morgan fingerprint density at radius 1 is 1.24 bits per heavy atom. The second kappa shape index (κ2) is 5.26. The minimum atomic E-state index is 0.335. The fourth-order valence-electron chi connectivity index (χ4n) is 2.93. The fourth-order valence-corrected chi connectivity index (χ4v) is 3.66. The van der Waals surface area contributed by atoms with Crippen molar-refractivity contribution in [2.75, 3.05) is 18.4 Å². The number of carbonyl (C=O) groups is 1. The second-order valence-corrected chi connectivity index (χ2v) is 6.77. The lowest BCUT2D eigenvalue weighted by atomic mass is 10.0. The van der Waals surface area contributed by atoms with Crippen LogP contribution >= 0.6 is 11.3 Å². The molecule has 1 amide bonds. The van der Waals surface area contributed by atoms with E-state index in [-0.39, 0.29) is 0 Å². The van der Waals surface area contributed by atoms with Gasteiger partial charge in [-0.05, 0) is 37.1 Å². The molecule has 0 atom stereocenters. The van der Waals surface area contributed by atoms with Crippen LogP contribution in [0.25, 0.3) is 10.2 Å². The summed E-state index contributed by atoms with van der Waals surface area (Å²) < 4.78 is 0. The van der Waals surface area contributed by atoms with E-state index in [0.717, 1.165) is 54.8 Å². The first kappa shape index (κ1) is 13.0. The molecule has 3 heterocycles. The van der Waals surface area contributed by atoms with E-state index in [1.807, 2.05) is 10.3 Å². The number of rotatable bonds is 3. The maximum absolute atomic E-state index is 12.1. The van der Waals surface area contributed by atoms with Gasteiger partial charge in [-0.3, -0.25) is 4.79 Å². The van der Waals surface area contributed by atoms with Gasteiger partial charge in [-0.15, -0.1) is 11.3 Å². The van der Waals surface area contributed by atoms with E-state index in [9.17, 15) is 4.79 Å². The monoisotopic (exact) mass is 302 g/mol. The van der Waals surface area contributed by atoms with Gasteiger partial charge in [-0.25, -0.2) is 9.97 Å². The molecule has 0 unspecified atom stereocenters. The lowest BCUT2D eigenvalue weighted by molar-refractivity contribution is -0.133. The molecule has 0 aromatic carbocycles. The molecule has 1 aliphatic carbocycles. The van der Waals surface area contributed by atoms with Gasteiger partial charge >= 0.3 is 0 Å². The molecule has 1 saturated heterocycles. The number of hydrogen-bond acceptors (Lipinski definition) is 5. The Balaban J connectivity index is 1.40. The molecule has 1 aliphatic heterocycles. The lowest BCUT2D eigenvalue weighted by Gasteiger charge is -2.32. The molecule has 0 bridgehead atoms. The largest absolute Gasteiger partial charge is 0.367 e. The highest BCUT2D eigenvalue weighted by Crippen LogP contribution is 2.32. The third-order valence-corrected chi connectivity index (χ3v) is 5.16. The van der Waals surface area contributed by atoms with Crippen LogP contribution in [0.1, 0.15) is 25.7 Å². The van der Waals surface area contributed by atoms with Crippen LogP contribution in [-0.4, -0.2) is 39.9 Å². The van der Waals surface area contributed by atoms with Crippen molar-refractivity contribution < 1.29 is 4.79 Å². The van der Waals surface area contributed by atoms with E-state index in [1.165, 1.54) is 0 Å². The number of likely N-dealkylation sites (tertiary alicyclic amines) is 1. The average molecular weight is 302 g/mol. The summed E-state index contributed by atoms with van der Waals surface area (Å²) in [6.07, 6.45) is 5.79. The summed E-state index contributed by atoms with van der Waals surface area (Å²) in [5.41, 5.74) is 0. The number of nitrogens with one attached hydrogen (secondary N) is 1. The van der Waals surface area contributed by atoms with Crippen molar-refractivity contribution in [3.05, 3.63) is 17.8 Å². The van der Waals surface area contributed by atoms with E-state index < -0.39 is 0 Å². The molecule has 21 heavy (non-hydrogen) atoms. The zero-order valence-electron chi connectivity index (χ0n) is 11.8. The number of nitrogens with zero attached hydrogens (tertiary/aromatic N) is 3. The third-order valence-electron chi connectivity index (χ3n) is 4.34. The Hall–Kier alpha value is -1.69. The smallest absolute Gasteiger partial charge is 0.225 e. The molecular formula is C15H18N4OS. The van der Waals surface area contributed by atoms with Gasteiger partial charge in [0.2, 0.25) is 5.91 Å². The lowest BCUT2D eigenvalue weighted by Crippen LogP contribution is -2.43. The van der Waals surface area contributed by atoms with Crippen molar-refractivity contribution in [3.63, 3.8) is 0 Å². The molecule has 1 saturated carbocycles. The number of piperidine rings is 1. The SMILES string of the molecule is O=C(C1CC1)N1CCC(Nc2ncnc3sccc23)CC1. The van der Waals surface area contributed by atoms with Crippen molar-refractivity contribution in [1.29, 1.82) is 0 Å². The van der Waals surface area contributed by atoms with Crippen LogP contribution in [0.15, 0.2) is 17.8 Å². The second-order valence-electron chi connectivity index (χ2n) is 5.88. The van der Waals surface area contributed by atoms with E-state index in [2.05, 4.69) is 21.4 Å². The van der Waals surface area contributed by atoms with Crippen molar-refractivity contribution in [2.45, 2.75) is 31.7 Å². The van der Waals surface area contributed by atoms with Gasteiger partial charge < -0.3 is 10.2 Å². The highest BCUT2D eigenvalue weighted by atomic mass is 32.1. The molecule has 2 aliphatic rings. The van der Waals surface area contributed by atoms with Gasteiger partial charge in [-0.1, -0.05) is 0 Å². The van der Waals surface area contributed by atoms with E-state index >= 15 is 0 Å². The van der Waals surface area contributed by atoms with Crippen molar-refractivity contribution in [2.24, 2.45) is 5.92 Å². The molecule has 5 nitrogen and oxygen atoms in total. The number of thiophene rings is 1. The Kier molecular flexibility index (Phi) is 3.25. The molecule has 2 aromatic rings. The van der Waals surface area contributed by atoms with Crippen molar-refractivity contribution in [3.8, 4) is 0 Å². The summed E-state index contributed by atoms with van der Waals surface area (Å²) in [4.78, 5) is 23.8. The van der Waals surface area contributed by atoms with E-state index in [0.29, 0.717) is 17.9 Å². The Morgan fingerprint density at radius 3 is 2.81 bits per heavy atom. The normalized spacial score (nSPS) is 19.9. The van der Waals surface area contributed by atoms with Crippen molar-refractivity contribution >= 4 is 33.3 Å². The Morgan fingerprint density at radius 2 is 2.05 bits per heavy atom. The minimum Gasteiger partial charge on any atom is -0.367 e. The fraction of sp³-hybridized carbons (Fsp3) is 0.533. The number of aromatic nitrogens is 2. The van der Waals surface area contributed by atoms with Gasteiger partial charge in [0.05, 0.1) is 5.39 Å². The predicted octanol–water partition coefficient (Wildman–Crippen LogP) is 2.50. The van der Waals surface area contributed by atoms with Crippen LogP contribution in [0, 0.1) is 5.92 Å². The van der Waals surface area contributed by atoms with Crippen LogP contribution < -0.4 is 5.32 Å². The van der Waals surface area contributed by atoms with Crippen LogP contribution in [0.5, 0.6) is 0 Å². The quantitative estimate of drug-likeness (QED) is 0.946. The molecule has 110 valence electrons. The molecule has 4 rings (SSSR count). The first-order valence-electron chi connectivity index (χ1n) is 7.55. The van der Waals surface area contributed by atoms with Crippen LogP contribution in [0.3, 0.4) is 0 Å². The van der Waals surface area contributed by atoms with Gasteiger partial charge in [0.1, 0.15) is 17.0 Å². The maximum atomic E-state index is 12.1. The van der Waals surface area contributed by atoms with Crippen molar-refractivity contribution in [1.82, 2.24) is 14.9 Å². The van der Waals surface area contributed by atoms with Gasteiger partial charge in [0.25, 0.3) is 0 Å². The summed E-state index contributed by atoms with van der Waals surface area (Å²) in [6.45, 7) is 1.73. The van der Waals surface area contributed by atoms with Gasteiger partial charge in [0.15, 0.2) is 0 Å². The number of anilines is 1. The third kappa shape index (κ3) is 2.60. The summed E-state index contributed by atoms with van der Waals surface area (Å²) in [7, 11) is 0. The van der Waals surface area contributed by atoms with Crippen LogP contribution in [0.4, 0.5) is 5.82 Å². The zero-order valence-corrected chi connectivity index (χ0v) is 12.6. The number of hydrogen-bond donors (Lipinski definition) is 1. The van der Waals surface area contributed by atoms with Crippen LogP contribution in [-0.2, 0) is 4.79 Å². The highest BCUT2D eigenvalue weighted by Gasteiger charge is 2.34. The van der Waals surface area contributed by atoms with Gasteiger partial charge in [0, 0.05) is 25.0 Å². The maximum Gasteiger partial charge on any atom is 0.225 e. The summed E-state index contributed by atoms with van der Waals surface area (Å²) in [6, 6.07) is 2.46. The average Bonchev–Trinajstić information content (AvgIpc) is 3.25. The highest BCUT2D eigenvalue weighted by molar-refractivity contribution is 7.16. The standard InChI is InChI=1S/C15H18N4OS/c20-15(10-1-2-10)19-6-3-11(4-7-19)18-13-12-5-8-21-14(12)17-9-16-13/h5,8-11H,1-4,6-7H2,(H,16,17,18). The number of fused-ring (bicyclic) bond motifs is 1. The summed E-state index contributed by atoms with van der Waals surface area (Å²) >= 11 is 1.63. The molecule has 2 fully saturated rings. The summed E-state index contributed by atoms with van der Waals surface area (Å²) in [5.74, 6) is 1.63.